The van der Waals surface area contributed by atoms with Crippen molar-refractivity contribution in [1.82, 2.24) is 19.5 Å². The molecule has 4 N–H and O–H groups in total. The second-order valence-electron chi connectivity index (χ2n) is 8.73. The Bertz CT molecular complexity index is 1020. The van der Waals surface area contributed by atoms with E-state index in [0.29, 0.717) is 30.4 Å². The number of nitrogens with one attached hydrogen (secondary N) is 2. The zero-order valence-corrected chi connectivity index (χ0v) is 18.6. The Labute approximate surface area is 177 Å². The lowest BCUT2D eigenvalue weighted by atomic mass is 9.93. The molecule has 3 rings (SSSR count). The molecule has 0 saturated heterocycles. The van der Waals surface area contributed by atoms with Crippen LogP contribution in [-0.2, 0) is 6.54 Å². The summed E-state index contributed by atoms with van der Waals surface area (Å²) < 4.78 is 2.00. The van der Waals surface area contributed by atoms with Crippen molar-refractivity contribution >= 4 is 22.9 Å². The molecule has 8 heteroatoms. The molecule has 8 nitrogen and oxygen atoms in total. The molecule has 0 saturated carbocycles. The molecule has 162 valence electrons. The number of benzene rings is 1. The number of anilines is 2. The van der Waals surface area contributed by atoms with E-state index in [2.05, 4.69) is 39.4 Å². The van der Waals surface area contributed by atoms with Crippen molar-refractivity contribution in [2.75, 3.05) is 17.2 Å². The quantitative estimate of drug-likeness (QED) is 0.445. The summed E-state index contributed by atoms with van der Waals surface area (Å²) in [5, 5.41) is 26.9. The number of imidazole rings is 1. The van der Waals surface area contributed by atoms with Crippen molar-refractivity contribution in [3.05, 3.63) is 35.7 Å². The highest BCUT2D eigenvalue weighted by atomic mass is 16.3. The SMILES string of the molecule is Cc1ccc(O)c(CNc2nc(NCC(C)C(C)(C)O)nc3c2ncn3C(C)C)c1. The van der Waals surface area contributed by atoms with Gasteiger partial charge in [-0.1, -0.05) is 24.6 Å². The maximum atomic E-state index is 10.2. The van der Waals surface area contributed by atoms with Crippen LogP contribution in [0.2, 0.25) is 0 Å². The molecular weight excluding hydrogens is 380 g/mol. The van der Waals surface area contributed by atoms with Crippen LogP contribution >= 0.6 is 0 Å². The van der Waals surface area contributed by atoms with Crippen molar-refractivity contribution in [1.29, 1.82) is 0 Å². The third kappa shape index (κ3) is 4.81. The van der Waals surface area contributed by atoms with Gasteiger partial charge in [-0.25, -0.2) is 4.98 Å². The van der Waals surface area contributed by atoms with Crippen molar-refractivity contribution in [3.8, 4) is 5.75 Å². The van der Waals surface area contributed by atoms with Crippen LogP contribution in [0.5, 0.6) is 5.75 Å². The normalized spacial score (nSPS) is 13.1. The number of hydrogen-bond acceptors (Lipinski definition) is 7. The van der Waals surface area contributed by atoms with Gasteiger partial charge in [0.25, 0.3) is 0 Å². The Morgan fingerprint density at radius 3 is 2.53 bits per heavy atom. The number of aromatic nitrogens is 4. The molecule has 2 aromatic heterocycles. The van der Waals surface area contributed by atoms with E-state index in [-0.39, 0.29) is 17.7 Å². The largest absolute Gasteiger partial charge is 0.508 e. The zero-order valence-electron chi connectivity index (χ0n) is 18.6. The molecule has 2 heterocycles. The van der Waals surface area contributed by atoms with Gasteiger partial charge in [-0.15, -0.1) is 0 Å². The summed E-state index contributed by atoms with van der Waals surface area (Å²) in [5.41, 5.74) is 2.46. The second kappa shape index (κ2) is 8.47. The van der Waals surface area contributed by atoms with Crippen LogP contribution in [0.4, 0.5) is 11.8 Å². The van der Waals surface area contributed by atoms with Crippen LogP contribution in [0.15, 0.2) is 24.5 Å². The van der Waals surface area contributed by atoms with Crippen LogP contribution in [0, 0.1) is 12.8 Å². The molecule has 0 aliphatic rings. The topological polar surface area (TPSA) is 108 Å². The summed E-state index contributed by atoms with van der Waals surface area (Å²) in [5.74, 6) is 1.31. The number of aromatic hydroxyl groups is 1. The third-order valence-corrected chi connectivity index (χ3v) is 5.43. The highest BCUT2D eigenvalue weighted by Gasteiger charge is 2.23. The van der Waals surface area contributed by atoms with Gasteiger partial charge in [0.05, 0.1) is 11.9 Å². The lowest BCUT2D eigenvalue weighted by Crippen LogP contribution is -2.33. The number of phenolic OH excluding ortho intramolecular Hbond substituents is 1. The highest BCUT2D eigenvalue weighted by Crippen LogP contribution is 2.26. The summed E-state index contributed by atoms with van der Waals surface area (Å²) in [6, 6.07) is 5.71. The van der Waals surface area contributed by atoms with E-state index in [1.54, 1.807) is 26.2 Å². The first kappa shape index (κ1) is 21.8. The molecule has 30 heavy (non-hydrogen) atoms. The first-order chi connectivity index (χ1) is 14.1. The van der Waals surface area contributed by atoms with Gasteiger partial charge in [-0.2, -0.15) is 9.97 Å². The van der Waals surface area contributed by atoms with Crippen molar-refractivity contribution in [2.45, 2.75) is 59.7 Å². The van der Waals surface area contributed by atoms with Gasteiger partial charge >= 0.3 is 0 Å². The minimum absolute atomic E-state index is 0.00690. The predicted octanol–water partition coefficient (Wildman–Crippen LogP) is 3.85. The molecule has 0 aliphatic heterocycles. The highest BCUT2D eigenvalue weighted by molar-refractivity contribution is 5.84. The molecular formula is C22H32N6O2. The summed E-state index contributed by atoms with van der Waals surface area (Å²) in [6.07, 6.45) is 1.77. The van der Waals surface area contributed by atoms with Crippen molar-refractivity contribution < 1.29 is 10.2 Å². The number of rotatable bonds is 8. The van der Waals surface area contributed by atoms with Crippen LogP contribution in [0.3, 0.4) is 0 Å². The van der Waals surface area contributed by atoms with E-state index >= 15 is 0 Å². The average Bonchev–Trinajstić information content (AvgIpc) is 3.10. The standard InChI is InChI=1S/C22H32N6O2/c1-13(2)28-12-25-18-19(23-11-16-9-14(3)7-8-17(16)29)26-21(27-20(18)28)24-10-15(4)22(5,6)30/h7-9,12-13,15,29-30H,10-11H2,1-6H3,(H2,23,24,26,27). The molecule has 0 radical (unpaired) electrons. The molecule has 0 aliphatic carbocycles. The van der Waals surface area contributed by atoms with E-state index in [9.17, 15) is 10.2 Å². The molecule has 0 amide bonds. The third-order valence-electron chi connectivity index (χ3n) is 5.43. The van der Waals surface area contributed by atoms with Gasteiger partial charge in [0.2, 0.25) is 5.95 Å². The first-order valence-corrected chi connectivity index (χ1v) is 10.3. The number of nitrogens with zero attached hydrogens (tertiary/aromatic N) is 4. The van der Waals surface area contributed by atoms with E-state index in [1.807, 2.05) is 30.5 Å². The van der Waals surface area contributed by atoms with Gasteiger partial charge < -0.3 is 25.4 Å². The van der Waals surface area contributed by atoms with E-state index in [1.165, 1.54) is 0 Å². The summed E-state index contributed by atoms with van der Waals surface area (Å²) >= 11 is 0. The van der Waals surface area contributed by atoms with E-state index in [4.69, 9.17) is 0 Å². The summed E-state index contributed by atoms with van der Waals surface area (Å²) in [7, 11) is 0. The Balaban J connectivity index is 1.92. The predicted molar refractivity (Wildman–Crippen MR) is 120 cm³/mol. The maximum absolute atomic E-state index is 10.2. The van der Waals surface area contributed by atoms with Crippen LogP contribution in [0.25, 0.3) is 11.2 Å². The fraction of sp³-hybridized carbons (Fsp3) is 0.500. The van der Waals surface area contributed by atoms with Crippen molar-refractivity contribution in [2.24, 2.45) is 5.92 Å². The molecule has 3 aromatic rings. The van der Waals surface area contributed by atoms with E-state index < -0.39 is 5.60 Å². The van der Waals surface area contributed by atoms with Gasteiger partial charge in [-0.3, -0.25) is 0 Å². The Hall–Kier alpha value is -2.87. The van der Waals surface area contributed by atoms with Gasteiger partial charge in [0.15, 0.2) is 17.0 Å². The van der Waals surface area contributed by atoms with E-state index in [0.717, 1.165) is 16.8 Å². The fourth-order valence-electron chi connectivity index (χ4n) is 3.03. The van der Waals surface area contributed by atoms with Crippen molar-refractivity contribution in [3.63, 3.8) is 0 Å². The van der Waals surface area contributed by atoms with Crippen LogP contribution in [-0.4, -0.2) is 41.9 Å². The second-order valence-corrected chi connectivity index (χ2v) is 8.73. The lowest BCUT2D eigenvalue weighted by molar-refractivity contribution is 0.0303. The average molecular weight is 413 g/mol. The molecule has 0 fully saturated rings. The molecule has 1 atom stereocenters. The van der Waals surface area contributed by atoms with Crippen LogP contribution < -0.4 is 10.6 Å². The summed E-state index contributed by atoms with van der Waals surface area (Å²) in [4.78, 5) is 13.8. The monoisotopic (exact) mass is 412 g/mol. The molecule has 1 unspecified atom stereocenters. The minimum atomic E-state index is -0.805. The molecule has 0 spiro atoms. The fourth-order valence-corrected chi connectivity index (χ4v) is 3.03. The smallest absolute Gasteiger partial charge is 0.226 e. The number of aliphatic hydroxyl groups is 1. The van der Waals surface area contributed by atoms with Gasteiger partial charge in [-0.05, 0) is 40.7 Å². The van der Waals surface area contributed by atoms with Gasteiger partial charge in [0.1, 0.15) is 5.75 Å². The van der Waals surface area contributed by atoms with Crippen LogP contribution in [0.1, 0.15) is 51.8 Å². The Kier molecular flexibility index (Phi) is 6.17. The Morgan fingerprint density at radius 2 is 1.87 bits per heavy atom. The molecule has 0 bridgehead atoms. The van der Waals surface area contributed by atoms with Gasteiger partial charge in [0, 0.05) is 30.6 Å². The minimum Gasteiger partial charge on any atom is -0.508 e. The summed E-state index contributed by atoms with van der Waals surface area (Å²) in [6.45, 7) is 12.6. The Morgan fingerprint density at radius 1 is 1.13 bits per heavy atom. The lowest BCUT2D eigenvalue weighted by Gasteiger charge is -2.26. The first-order valence-electron chi connectivity index (χ1n) is 10.3. The number of hydrogen-bond donors (Lipinski definition) is 4. The number of fused-ring (bicyclic) bond motifs is 1. The number of aryl methyl sites for hydroxylation is 1. The molecule has 1 aromatic carbocycles. The maximum Gasteiger partial charge on any atom is 0.226 e. The number of phenols is 1. The zero-order chi connectivity index (χ0) is 22.1.